The molecule has 18 heavy (non-hydrogen) atoms. The molecule has 5 heteroatoms. The van der Waals surface area contributed by atoms with Crippen molar-refractivity contribution in [2.75, 3.05) is 13.1 Å². The summed E-state index contributed by atoms with van der Waals surface area (Å²) < 4.78 is 0. The number of aliphatic carboxylic acids is 1. The maximum absolute atomic E-state index is 11.9. The van der Waals surface area contributed by atoms with Gasteiger partial charge in [0, 0.05) is 24.0 Å². The lowest BCUT2D eigenvalue weighted by Gasteiger charge is -2.29. The first-order valence-electron chi connectivity index (χ1n) is 5.90. The molecule has 96 valence electrons. The summed E-state index contributed by atoms with van der Waals surface area (Å²) in [6.45, 7) is 0.973. The first-order valence-corrected chi connectivity index (χ1v) is 6.78. The van der Waals surface area contributed by atoms with E-state index in [2.05, 4.69) is 0 Å². The number of carboxylic acid groups (broad SMARTS) is 1. The number of amides is 1. The number of thiophene rings is 1. The first-order chi connectivity index (χ1) is 8.66. The van der Waals surface area contributed by atoms with Gasteiger partial charge in [-0.25, -0.2) is 0 Å². The molecule has 0 aromatic carbocycles. The zero-order valence-corrected chi connectivity index (χ0v) is 10.7. The Morgan fingerprint density at radius 3 is 3.00 bits per heavy atom. The van der Waals surface area contributed by atoms with Crippen molar-refractivity contribution < 1.29 is 14.7 Å². The Labute approximate surface area is 110 Å². The standard InChI is InChI=1S/C13H15NO3S/c15-12(6-5-11-4-2-8-18-11)14-7-1-3-10(9-14)13(16)17/h2,4-6,8,10H,1,3,7,9H2,(H,16,17)/b6-5+/t10-/m0/s1. The number of hydrogen-bond acceptors (Lipinski definition) is 3. The molecule has 4 nitrogen and oxygen atoms in total. The molecule has 2 heterocycles. The third-order valence-electron chi connectivity index (χ3n) is 3.02. The minimum absolute atomic E-state index is 0.102. The smallest absolute Gasteiger partial charge is 0.308 e. The van der Waals surface area contributed by atoms with Gasteiger partial charge in [-0.3, -0.25) is 9.59 Å². The fourth-order valence-electron chi connectivity index (χ4n) is 2.02. The second-order valence-corrected chi connectivity index (χ2v) is 5.29. The van der Waals surface area contributed by atoms with Crippen LogP contribution in [0, 0.1) is 5.92 Å². The highest BCUT2D eigenvalue weighted by Crippen LogP contribution is 2.17. The highest BCUT2D eigenvalue weighted by atomic mass is 32.1. The summed E-state index contributed by atoms with van der Waals surface area (Å²) in [6.07, 6.45) is 4.72. The Hall–Kier alpha value is -1.62. The van der Waals surface area contributed by atoms with E-state index in [9.17, 15) is 9.59 Å². The number of carbonyl (C=O) groups excluding carboxylic acids is 1. The molecule has 1 aliphatic heterocycles. The lowest BCUT2D eigenvalue weighted by molar-refractivity contribution is -0.144. The van der Waals surface area contributed by atoms with Crippen molar-refractivity contribution in [1.29, 1.82) is 0 Å². The number of carboxylic acids is 1. The molecule has 0 bridgehead atoms. The Morgan fingerprint density at radius 2 is 2.33 bits per heavy atom. The maximum Gasteiger partial charge on any atom is 0.308 e. The lowest BCUT2D eigenvalue weighted by Crippen LogP contribution is -2.41. The average molecular weight is 265 g/mol. The van der Waals surface area contributed by atoms with Gasteiger partial charge >= 0.3 is 5.97 Å². The average Bonchev–Trinajstić information content (AvgIpc) is 2.89. The van der Waals surface area contributed by atoms with Crippen LogP contribution in [0.15, 0.2) is 23.6 Å². The van der Waals surface area contributed by atoms with Crippen LogP contribution >= 0.6 is 11.3 Å². The summed E-state index contributed by atoms with van der Waals surface area (Å²) in [6, 6.07) is 3.86. The van der Waals surface area contributed by atoms with Crippen molar-refractivity contribution in [2.45, 2.75) is 12.8 Å². The van der Waals surface area contributed by atoms with Gasteiger partial charge in [0.15, 0.2) is 0 Å². The topological polar surface area (TPSA) is 57.6 Å². The Bertz CT molecular complexity index is 453. The summed E-state index contributed by atoms with van der Waals surface area (Å²) in [5.41, 5.74) is 0. The number of likely N-dealkylation sites (tertiary alicyclic amines) is 1. The largest absolute Gasteiger partial charge is 0.481 e. The van der Waals surface area contributed by atoms with E-state index in [0.29, 0.717) is 19.5 Å². The van der Waals surface area contributed by atoms with Crippen LogP contribution in [-0.2, 0) is 9.59 Å². The number of carbonyl (C=O) groups is 2. The molecule has 1 N–H and O–H groups in total. The molecule has 1 aromatic rings. The van der Waals surface area contributed by atoms with Crippen LogP contribution in [0.25, 0.3) is 6.08 Å². The molecule has 0 saturated carbocycles. The van der Waals surface area contributed by atoms with Gasteiger partial charge in [-0.15, -0.1) is 11.3 Å². The van der Waals surface area contributed by atoms with E-state index in [1.165, 1.54) is 6.08 Å². The van der Waals surface area contributed by atoms with Gasteiger partial charge in [0.2, 0.25) is 5.91 Å². The van der Waals surface area contributed by atoms with Gasteiger partial charge in [0.05, 0.1) is 5.92 Å². The molecule has 1 aromatic heterocycles. The van der Waals surface area contributed by atoms with E-state index < -0.39 is 11.9 Å². The van der Waals surface area contributed by atoms with Gasteiger partial charge in [-0.2, -0.15) is 0 Å². The van der Waals surface area contributed by atoms with Crippen molar-refractivity contribution in [3.63, 3.8) is 0 Å². The van der Waals surface area contributed by atoms with E-state index in [1.807, 2.05) is 17.5 Å². The molecule has 1 saturated heterocycles. The van der Waals surface area contributed by atoms with Gasteiger partial charge in [-0.05, 0) is 30.4 Å². The third kappa shape index (κ3) is 3.20. The quantitative estimate of drug-likeness (QED) is 0.851. The summed E-state index contributed by atoms with van der Waals surface area (Å²) in [5.74, 6) is -1.33. The fraction of sp³-hybridized carbons (Fsp3) is 0.385. The number of piperidine rings is 1. The normalized spacial score (nSPS) is 20.2. The summed E-state index contributed by atoms with van der Waals surface area (Å²) in [4.78, 5) is 25.5. The van der Waals surface area contributed by atoms with E-state index in [4.69, 9.17) is 5.11 Å². The highest BCUT2D eigenvalue weighted by Gasteiger charge is 2.26. The van der Waals surface area contributed by atoms with Gasteiger partial charge < -0.3 is 10.0 Å². The second-order valence-electron chi connectivity index (χ2n) is 4.31. The molecule has 1 atom stereocenters. The Kier molecular flexibility index (Phi) is 4.15. The molecular formula is C13H15NO3S. The van der Waals surface area contributed by atoms with Crippen molar-refractivity contribution >= 4 is 29.3 Å². The molecule has 0 unspecified atom stereocenters. The van der Waals surface area contributed by atoms with Crippen LogP contribution in [0.1, 0.15) is 17.7 Å². The van der Waals surface area contributed by atoms with Crippen molar-refractivity contribution in [1.82, 2.24) is 4.90 Å². The summed E-state index contributed by atoms with van der Waals surface area (Å²) in [5, 5.41) is 10.9. The molecule has 1 aliphatic rings. The van der Waals surface area contributed by atoms with E-state index in [1.54, 1.807) is 22.3 Å². The number of nitrogens with zero attached hydrogens (tertiary/aromatic N) is 1. The highest BCUT2D eigenvalue weighted by molar-refractivity contribution is 7.10. The van der Waals surface area contributed by atoms with Gasteiger partial charge in [-0.1, -0.05) is 6.07 Å². The number of rotatable bonds is 3. The Balaban J connectivity index is 1.94. The van der Waals surface area contributed by atoms with Crippen LogP contribution in [0.2, 0.25) is 0 Å². The zero-order chi connectivity index (χ0) is 13.0. The van der Waals surface area contributed by atoms with Crippen LogP contribution in [0.4, 0.5) is 0 Å². The number of hydrogen-bond donors (Lipinski definition) is 1. The van der Waals surface area contributed by atoms with E-state index in [-0.39, 0.29) is 5.91 Å². The lowest BCUT2D eigenvalue weighted by atomic mass is 9.98. The third-order valence-corrected chi connectivity index (χ3v) is 3.85. The molecule has 0 aliphatic carbocycles. The Morgan fingerprint density at radius 1 is 1.50 bits per heavy atom. The molecule has 0 spiro atoms. The summed E-state index contributed by atoms with van der Waals surface area (Å²) in [7, 11) is 0. The molecule has 1 fully saturated rings. The van der Waals surface area contributed by atoms with E-state index >= 15 is 0 Å². The minimum Gasteiger partial charge on any atom is -0.481 e. The second kappa shape index (κ2) is 5.82. The predicted octanol–water partition coefficient (Wildman–Crippen LogP) is 2.08. The monoisotopic (exact) mass is 265 g/mol. The van der Waals surface area contributed by atoms with Crippen molar-refractivity contribution in [3.05, 3.63) is 28.5 Å². The van der Waals surface area contributed by atoms with Crippen LogP contribution in [0.3, 0.4) is 0 Å². The molecule has 1 amide bonds. The predicted molar refractivity (Wildman–Crippen MR) is 70.3 cm³/mol. The minimum atomic E-state index is -0.810. The maximum atomic E-state index is 11.9. The fourth-order valence-corrected chi connectivity index (χ4v) is 2.64. The van der Waals surface area contributed by atoms with Crippen LogP contribution in [-0.4, -0.2) is 35.0 Å². The van der Waals surface area contributed by atoms with Gasteiger partial charge in [0.25, 0.3) is 0 Å². The van der Waals surface area contributed by atoms with Gasteiger partial charge in [0.1, 0.15) is 0 Å². The van der Waals surface area contributed by atoms with Crippen LogP contribution < -0.4 is 0 Å². The first kappa shape index (κ1) is 12.8. The molecule has 2 rings (SSSR count). The summed E-state index contributed by atoms with van der Waals surface area (Å²) >= 11 is 1.57. The SMILES string of the molecule is O=C(O)[C@H]1CCCN(C(=O)/C=C/c2cccs2)C1. The zero-order valence-electron chi connectivity index (χ0n) is 9.91. The van der Waals surface area contributed by atoms with Crippen molar-refractivity contribution in [2.24, 2.45) is 5.92 Å². The van der Waals surface area contributed by atoms with Crippen molar-refractivity contribution in [3.8, 4) is 0 Å². The molecule has 0 radical (unpaired) electrons. The van der Waals surface area contributed by atoms with E-state index in [0.717, 1.165) is 11.3 Å². The van der Waals surface area contributed by atoms with Crippen LogP contribution in [0.5, 0.6) is 0 Å². The molecular weight excluding hydrogens is 250 g/mol.